The van der Waals surface area contributed by atoms with Gasteiger partial charge >= 0.3 is 0 Å². The molecule has 1 aliphatic rings. The molecule has 1 aromatic carbocycles. The maximum Gasteiger partial charge on any atom is 0.167 e. The minimum atomic E-state index is 0.0846. The average molecular weight is 304 g/mol. The molecule has 5 heteroatoms. The maximum atomic E-state index is 12.5. The normalized spacial score (nSPS) is 13.7. The van der Waals surface area contributed by atoms with Crippen molar-refractivity contribution in [1.82, 2.24) is 9.78 Å². The van der Waals surface area contributed by atoms with E-state index in [0.29, 0.717) is 11.6 Å². The fraction of sp³-hybridized carbons (Fsp3) is 0.375. The monoisotopic (exact) mass is 303 g/mol. The van der Waals surface area contributed by atoms with Gasteiger partial charge in [0.1, 0.15) is 5.15 Å². The minimum Gasteiger partial charge on any atom is -0.385 e. The summed E-state index contributed by atoms with van der Waals surface area (Å²) in [6.07, 6.45) is 2.43. The molecule has 2 heterocycles. The van der Waals surface area contributed by atoms with E-state index >= 15 is 0 Å². The molecule has 1 aromatic heterocycles. The van der Waals surface area contributed by atoms with Crippen molar-refractivity contribution in [3.05, 3.63) is 45.7 Å². The van der Waals surface area contributed by atoms with Gasteiger partial charge in [0.15, 0.2) is 5.78 Å². The van der Waals surface area contributed by atoms with E-state index in [-0.39, 0.29) is 5.78 Å². The first kappa shape index (κ1) is 14.1. The third-order valence-corrected chi connectivity index (χ3v) is 4.45. The van der Waals surface area contributed by atoms with E-state index in [2.05, 4.69) is 10.4 Å². The van der Waals surface area contributed by atoms with E-state index in [1.54, 1.807) is 11.7 Å². The van der Waals surface area contributed by atoms with Crippen LogP contribution in [0.5, 0.6) is 0 Å². The largest absolute Gasteiger partial charge is 0.385 e. The van der Waals surface area contributed by atoms with Crippen molar-refractivity contribution >= 4 is 23.1 Å². The van der Waals surface area contributed by atoms with Crippen molar-refractivity contribution in [2.24, 2.45) is 7.05 Å². The predicted octanol–water partition coefficient (Wildman–Crippen LogP) is 3.17. The van der Waals surface area contributed by atoms with Crippen LogP contribution in [0, 0.1) is 6.92 Å². The van der Waals surface area contributed by atoms with Gasteiger partial charge in [0.2, 0.25) is 0 Å². The molecule has 0 spiro atoms. The van der Waals surface area contributed by atoms with E-state index in [4.69, 9.17) is 11.6 Å². The number of rotatable bonds is 3. The Labute approximate surface area is 129 Å². The SMILES string of the molecule is Cc1nn(C)c(Cl)c1CC(=O)c1ccc2c(c1)CCCN2. The van der Waals surface area contributed by atoms with Gasteiger partial charge in [-0.05, 0) is 43.5 Å². The Morgan fingerprint density at radius 1 is 1.48 bits per heavy atom. The lowest BCUT2D eigenvalue weighted by molar-refractivity contribution is 0.0992. The lowest BCUT2D eigenvalue weighted by Crippen LogP contribution is -2.13. The van der Waals surface area contributed by atoms with Crippen molar-refractivity contribution < 1.29 is 4.79 Å². The van der Waals surface area contributed by atoms with Crippen LogP contribution in [0.1, 0.15) is 33.6 Å². The summed E-state index contributed by atoms with van der Waals surface area (Å²) in [5.74, 6) is 0.0846. The van der Waals surface area contributed by atoms with Crippen molar-refractivity contribution in [2.75, 3.05) is 11.9 Å². The number of anilines is 1. The van der Waals surface area contributed by atoms with Gasteiger partial charge in [0.05, 0.1) is 5.69 Å². The molecule has 3 rings (SSSR count). The molecule has 1 N–H and O–H groups in total. The predicted molar refractivity (Wildman–Crippen MR) is 84.2 cm³/mol. The first-order chi connectivity index (χ1) is 10.1. The van der Waals surface area contributed by atoms with Crippen LogP contribution in [0.4, 0.5) is 5.69 Å². The zero-order chi connectivity index (χ0) is 15.0. The number of ketones is 1. The lowest BCUT2D eigenvalue weighted by atomic mass is 9.97. The molecule has 0 atom stereocenters. The first-order valence-corrected chi connectivity index (χ1v) is 7.52. The summed E-state index contributed by atoms with van der Waals surface area (Å²) in [7, 11) is 1.79. The molecule has 0 unspecified atom stereocenters. The zero-order valence-corrected chi connectivity index (χ0v) is 13.0. The third kappa shape index (κ3) is 2.68. The van der Waals surface area contributed by atoms with Crippen molar-refractivity contribution in [1.29, 1.82) is 0 Å². The number of nitrogens with zero attached hydrogens (tertiary/aromatic N) is 2. The fourth-order valence-electron chi connectivity index (χ4n) is 2.79. The van der Waals surface area contributed by atoms with Crippen LogP contribution in [0.3, 0.4) is 0 Å². The highest BCUT2D eigenvalue weighted by Crippen LogP contribution is 2.25. The molecule has 0 fully saturated rings. The number of hydrogen-bond donors (Lipinski definition) is 1. The topological polar surface area (TPSA) is 46.9 Å². The highest BCUT2D eigenvalue weighted by atomic mass is 35.5. The van der Waals surface area contributed by atoms with Gasteiger partial charge in [-0.2, -0.15) is 5.10 Å². The van der Waals surface area contributed by atoms with E-state index in [0.717, 1.165) is 41.9 Å². The summed E-state index contributed by atoms with van der Waals surface area (Å²) < 4.78 is 1.61. The number of aryl methyl sites for hydroxylation is 3. The number of carbonyl (C=O) groups excluding carboxylic acids is 1. The number of benzene rings is 1. The van der Waals surface area contributed by atoms with Gasteiger partial charge < -0.3 is 5.32 Å². The van der Waals surface area contributed by atoms with Gasteiger partial charge in [-0.1, -0.05) is 11.6 Å². The number of nitrogens with one attached hydrogen (secondary N) is 1. The van der Waals surface area contributed by atoms with Crippen molar-refractivity contribution in [2.45, 2.75) is 26.2 Å². The molecule has 0 saturated heterocycles. The van der Waals surface area contributed by atoms with Crippen molar-refractivity contribution in [3.8, 4) is 0 Å². The quantitative estimate of drug-likeness (QED) is 0.886. The van der Waals surface area contributed by atoms with Crippen LogP contribution in [0.25, 0.3) is 0 Å². The van der Waals surface area contributed by atoms with E-state index in [1.807, 2.05) is 25.1 Å². The number of aromatic nitrogens is 2. The second kappa shape index (κ2) is 5.53. The molecular formula is C16H18ClN3O. The highest BCUT2D eigenvalue weighted by molar-refractivity contribution is 6.30. The van der Waals surface area contributed by atoms with Gasteiger partial charge in [-0.15, -0.1) is 0 Å². The Bertz CT molecular complexity index is 706. The summed E-state index contributed by atoms with van der Waals surface area (Å²) in [6.45, 7) is 2.88. The van der Waals surface area contributed by atoms with Crippen LogP contribution in [0.15, 0.2) is 18.2 Å². The van der Waals surface area contributed by atoms with Crippen LogP contribution in [-0.4, -0.2) is 22.1 Å². The van der Waals surface area contributed by atoms with Crippen molar-refractivity contribution in [3.63, 3.8) is 0 Å². The van der Waals surface area contributed by atoms with Gasteiger partial charge in [-0.25, -0.2) is 0 Å². The fourth-order valence-corrected chi connectivity index (χ4v) is 3.03. The van der Waals surface area contributed by atoms with E-state index in [9.17, 15) is 4.79 Å². The first-order valence-electron chi connectivity index (χ1n) is 7.14. The lowest BCUT2D eigenvalue weighted by Gasteiger charge is -2.18. The number of hydrogen-bond acceptors (Lipinski definition) is 3. The molecule has 0 saturated carbocycles. The standard InChI is InChI=1S/C16H18ClN3O/c1-10-13(16(17)20(2)19-10)9-15(21)12-5-6-14-11(8-12)4-3-7-18-14/h5-6,8,18H,3-4,7,9H2,1-2H3. The van der Waals surface area contributed by atoms with Gasteiger partial charge in [0, 0.05) is 36.8 Å². The zero-order valence-electron chi connectivity index (χ0n) is 12.2. The molecule has 0 aliphatic carbocycles. The average Bonchev–Trinajstić information content (AvgIpc) is 2.73. The van der Waals surface area contributed by atoms with Crippen LogP contribution in [0.2, 0.25) is 5.15 Å². The second-order valence-corrected chi connectivity index (χ2v) is 5.84. The molecule has 110 valence electrons. The van der Waals surface area contributed by atoms with Crippen LogP contribution in [-0.2, 0) is 19.9 Å². The number of fused-ring (bicyclic) bond motifs is 1. The Hall–Kier alpha value is -1.81. The van der Waals surface area contributed by atoms with Crippen LogP contribution >= 0.6 is 11.6 Å². The van der Waals surface area contributed by atoms with E-state index < -0.39 is 0 Å². The van der Waals surface area contributed by atoms with Gasteiger partial charge in [-0.3, -0.25) is 9.48 Å². The van der Waals surface area contributed by atoms with E-state index in [1.165, 1.54) is 5.56 Å². The number of Topliss-reactive ketones (excluding diaryl/α,β-unsaturated/α-hetero) is 1. The van der Waals surface area contributed by atoms with Crippen LogP contribution < -0.4 is 5.32 Å². The molecule has 0 bridgehead atoms. The molecule has 1 aliphatic heterocycles. The molecule has 0 radical (unpaired) electrons. The maximum absolute atomic E-state index is 12.5. The molecule has 21 heavy (non-hydrogen) atoms. The Morgan fingerprint density at radius 3 is 3.00 bits per heavy atom. The summed E-state index contributed by atoms with van der Waals surface area (Å²) in [6, 6.07) is 5.89. The third-order valence-electron chi connectivity index (χ3n) is 3.97. The molecular weight excluding hydrogens is 286 g/mol. The smallest absolute Gasteiger partial charge is 0.167 e. The molecule has 2 aromatic rings. The second-order valence-electron chi connectivity index (χ2n) is 5.48. The minimum absolute atomic E-state index is 0.0846. The molecule has 0 amide bonds. The van der Waals surface area contributed by atoms with Gasteiger partial charge in [0.25, 0.3) is 0 Å². The number of carbonyl (C=O) groups is 1. The number of halogens is 1. The summed E-state index contributed by atoms with van der Waals surface area (Å²) in [4.78, 5) is 12.5. The molecule has 4 nitrogen and oxygen atoms in total. The summed E-state index contributed by atoms with van der Waals surface area (Å²) in [5.41, 5.74) is 4.75. The Balaban J connectivity index is 1.85. The Kier molecular flexibility index (Phi) is 3.72. The highest BCUT2D eigenvalue weighted by Gasteiger charge is 2.17. The summed E-state index contributed by atoms with van der Waals surface area (Å²) in [5, 5.41) is 8.15. The summed E-state index contributed by atoms with van der Waals surface area (Å²) >= 11 is 6.20. The Morgan fingerprint density at radius 2 is 2.29 bits per heavy atom.